The van der Waals surface area contributed by atoms with Gasteiger partial charge in [-0.2, -0.15) is 0 Å². The van der Waals surface area contributed by atoms with Gasteiger partial charge in [0.1, 0.15) is 0 Å². The molecule has 11 heavy (non-hydrogen) atoms. The van der Waals surface area contributed by atoms with E-state index in [4.69, 9.17) is 14.7 Å². The molecule has 0 rings (SSSR count). The minimum absolute atomic E-state index is 0. The van der Waals surface area contributed by atoms with Crippen molar-refractivity contribution in [3.8, 4) is 0 Å². The molecule has 0 radical (unpaired) electrons. The zero-order valence-electron chi connectivity index (χ0n) is 4.45. The van der Waals surface area contributed by atoms with E-state index < -0.39 is 15.6 Å². The van der Waals surface area contributed by atoms with Gasteiger partial charge in [0.05, 0.1) is 0 Å². The summed E-state index contributed by atoms with van der Waals surface area (Å²) < 4.78 is 27.3. The van der Waals surface area contributed by atoms with Gasteiger partial charge in [0.15, 0.2) is 0 Å². The summed E-state index contributed by atoms with van der Waals surface area (Å²) in [5, 5.41) is 0. The molecular weight excluding hydrogens is 381 g/mol. The van der Waals surface area contributed by atoms with E-state index in [9.17, 15) is 9.13 Å². The van der Waals surface area contributed by atoms with Gasteiger partial charge in [0, 0.05) is 0 Å². The first-order valence-electron chi connectivity index (χ1n) is 1.75. The second-order valence-electron chi connectivity index (χ2n) is 1.15. The second-order valence-corrected chi connectivity index (χ2v) is 5.73. The molecule has 0 bridgehead atoms. The van der Waals surface area contributed by atoms with Gasteiger partial charge in [-0.25, -0.2) is 0 Å². The van der Waals surface area contributed by atoms with E-state index in [1.165, 1.54) is 0 Å². The van der Waals surface area contributed by atoms with Crippen molar-refractivity contribution < 1.29 is 30.9 Å². The monoisotopic (exact) mass is 386 g/mol. The summed E-state index contributed by atoms with van der Waals surface area (Å²) in [6.07, 6.45) is 0. The molecule has 0 spiro atoms. The van der Waals surface area contributed by atoms with Crippen molar-refractivity contribution in [3.05, 3.63) is 0 Å². The topological polar surface area (TPSA) is 113 Å². The predicted molar refractivity (Wildman–Crippen MR) is 39.7 cm³/mol. The Bertz CT molecular complexity index is 195. The van der Waals surface area contributed by atoms with Gasteiger partial charge in [-0.15, -0.1) is 0 Å². The molecule has 0 aromatic carbocycles. The number of rotatable bonds is 3. The SMILES string of the molecule is O=P(O)(O)OP(=O)(O)[O][SbH2].[RbH]. The standard InChI is InChI=1S/H4O7P2.Rb.Sb.3H/c1-8(2,3)7-9(4,5)6;;;;;/h(H2,1,2,3)(H2,4,5,6);;;;;/q;;+1;;;/p-1. The quantitative estimate of drug-likeness (QED) is 0.384. The van der Waals surface area contributed by atoms with Crippen molar-refractivity contribution in [2.24, 2.45) is 0 Å². The van der Waals surface area contributed by atoms with Gasteiger partial charge in [0.2, 0.25) is 0 Å². The van der Waals surface area contributed by atoms with Crippen LogP contribution in [0.5, 0.6) is 0 Å². The molecule has 0 aliphatic rings. The summed E-state index contributed by atoms with van der Waals surface area (Å²) in [7, 11) is -9.42. The van der Waals surface area contributed by atoms with Crippen molar-refractivity contribution >= 4 is 97.3 Å². The van der Waals surface area contributed by atoms with Gasteiger partial charge in [-0.05, 0) is 0 Å². The molecule has 11 heteroatoms. The van der Waals surface area contributed by atoms with Gasteiger partial charge in [-0.1, -0.05) is 0 Å². The Kier molecular flexibility index (Phi) is 9.47. The predicted octanol–water partition coefficient (Wildman–Crippen LogP) is -1.89. The van der Waals surface area contributed by atoms with E-state index in [0.29, 0.717) is 0 Å². The average molecular weight is 387 g/mol. The zero-order valence-corrected chi connectivity index (χ0v) is 9.53. The summed E-state index contributed by atoms with van der Waals surface area (Å²) in [6, 6.07) is 0. The van der Waals surface area contributed by atoms with Crippen molar-refractivity contribution in [3.63, 3.8) is 0 Å². The van der Waals surface area contributed by atoms with E-state index >= 15 is 0 Å². The van der Waals surface area contributed by atoms with E-state index in [-0.39, 0.29) is 81.6 Å². The molecule has 0 aromatic rings. The van der Waals surface area contributed by atoms with E-state index in [0.717, 1.165) is 0 Å². The molecule has 64 valence electrons. The number of hydrogen-bond acceptors (Lipinski definition) is 4. The van der Waals surface area contributed by atoms with Crippen LogP contribution in [0.4, 0.5) is 0 Å². The van der Waals surface area contributed by atoms with Crippen LogP contribution in [0.3, 0.4) is 0 Å². The minimum atomic E-state index is -4.92. The maximum atomic E-state index is 10.2. The Balaban J connectivity index is 0. The molecule has 3 N–H and O–H groups in total. The number of phosphoric acid groups is 2. The molecule has 0 saturated heterocycles. The molecule has 1 unspecified atom stereocenters. The Hall–Kier alpha value is 2.88. The molecule has 0 aromatic heterocycles. The molecular formula is H6O7P2RbSb. The van der Waals surface area contributed by atoms with Gasteiger partial charge in [0.25, 0.3) is 0 Å². The van der Waals surface area contributed by atoms with Crippen molar-refractivity contribution in [2.45, 2.75) is 0 Å². The summed E-state index contributed by atoms with van der Waals surface area (Å²) in [5.74, 6) is 0. The van der Waals surface area contributed by atoms with Crippen LogP contribution >= 0.6 is 15.6 Å². The van der Waals surface area contributed by atoms with Crippen LogP contribution in [-0.2, 0) is 16.2 Å². The summed E-state index contributed by atoms with van der Waals surface area (Å²) in [5.41, 5.74) is 0. The zero-order chi connectivity index (χ0) is 8.41. The van der Waals surface area contributed by atoms with Gasteiger partial charge >= 0.3 is 128 Å². The fourth-order valence-electron chi connectivity index (χ4n) is 0.154. The van der Waals surface area contributed by atoms with E-state index in [2.05, 4.69) is 7.11 Å². The molecule has 0 aliphatic carbocycles. The fraction of sp³-hybridized carbons (Fsp3) is 0. The number of hydrogen-bond donors (Lipinski definition) is 3. The van der Waals surface area contributed by atoms with Crippen LogP contribution in [0.15, 0.2) is 0 Å². The van der Waals surface area contributed by atoms with Crippen LogP contribution in [0.2, 0.25) is 0 Å². The Labute approximate surface area is 126 Å². The van der Waals surface area contributed by atoms with Gasteiger partial charge < -0.3 is 0 Å². The maximum absolute atomic E-state index is 10.2. The third kappa shape index (κ3) is 10.8. The van der Waals surface area contributed by atoms with Crippen molar-refractivity contribution in [1.82, 2.24) is 0 Å². The van der Waals surface area contributed by atoms with Gasteiger partial charge in [-0.3, -0.25) is 0 Å². The van der Waals surface area contributed by atoms with Crippen LogP contribution in [0, 0.1) is 0 Å². The molecule has 7 nitrogen and oxygen atoms in total. The Morgan fingerprint density at radius 2 is 1.55 bits per heavy atom. The molecule has 0 amide bonds. The first-order chi connectivity index (χ1) is 4.27. The third-order valence-corrected chi connectivity index (χ3v) is 4.57. The Morgan fingerprint density at radius 3 is 1.64 bits per heavy atom. The van der Waals surface area contributed by atoms with Crippen LogP contribution in [0.1, 0.15) is 0 Å². The van der Waals surface area contributed by atoms with Crippen LogP contribution in [-0.4, -0.2) is 96.3 Å². The van der Waals surface area contributed by atoms with Crippen molar-refractivity contribution in [2.75, 3.05) is 0 Å². The second kappa shape index (κ2) is 6.38. The van der Waals surface area contributed by atoms with Crippen LogP contribution in [0.25, 0.3) is 0 Å². The fourth-order valence-corrected chi connectivity index (χ4v) is 2.37. The first kappa shape index (κ1) is 16.3. The summed E-state index contributed by atoms with van der Waals surface area (Å²) >= 11 is -0.0813. The molecule has 0 heterocycles. The van der Waals surface area contributed by atoms with Crippen LogP contribution < -0.4 is 0 Å². The Morgan fingerprint density at radius 1 is 1.18 bits per heavy atom. The first-order valence-corrected chi connectivity index (χ1v) is 6.12. The molecule has 1 atom stereocenters. The normalized spacial score (nSPS) is 16.7. The molecule has 0 saturated carbocycles. The third-order valence-electron chi connectivity index (χ3n) is 0.343. The molecule has 0 fully saturated rings. The van der Waals surface area contributed by atoms with E-state index in [1.807, 2.05) is 0 Å². The summed E-state index contributed by atoms with van der Waals surface area (Å²) in [4.78, 5) is 24.3. The average Bonchev–Trinajstić information content (AvgIpc) is 1.60. The molecule has 0 aliphatic heterocycles. The summed E-state index contributed by atoms with van der Waals surface area (Å²) in [6.45, 7) is 0. The van der Waals surface area contributed by atoms with Crippen molar-refractivity contribution in [1.29, 1.82) is 0 Å². The van der Waals surface area contributed by atoms with E-state index in [1.54, 1.807) is 0 Å².